The first-order chi connectivity index (χ1) is 12.5. The zero-order chi connectivity index (χ0) is 18.7. The number of carbonyl (C=O) groups excluding carboxylic acids is 1. The summed E-state index contributed by atoms with van der Waals surface area (Å²) in [4.78, 5) is 27.2. The number of aromatic carboxylic acids is 1. The molecule has 0 amide bonds. The van der Waals surface area contributed by atoms with E-state index in [0.29, 0.717) is 23.5 Å². The Balaban J connectivity index is 1.94. The summed E-state index contributed by atoms with van der Waals surface area (Å²) in [5, 5.41) is 17.5. The highest BCUT2D eigenvalue weighted by Gasteiger charge is 2.18. The highest BCUT2D eigenvalue weighted by molar-refractivity contribution is 5.92. The van der Waals surface area contributed by atoms with Gasteiger partial charge in [0.15, 0.2) is 11.5 Å². The van der Waals surface area contributed by atoms with Crippen LogP contribution in [-0.4, -0.2) is 33.0 Å². The number of aryl methyl sites for hydroxylation is 1. The van der Waals surface area contributed by atoms with Crippen LogP contribution in [0.5, 0.6) is 0 Å². The Morgan fingerprint density at radius 1 is 1.19 bits per heavy atom. The summed E-state index contributed by atoms with van der Waals surface area (Å²) >= 11 is 0. The summed E-state index contributed by atoms with van der Waals surface area (Å²) < 4.78 is 6.48. The zero-order valence-electron chi connectivity index (χ0n) is 14.2. The van der Waals surface area contributed by atoms with Crippen molar-refractivity contribution in [1.82, 2.24) is 9.38 Å². The van der Waals surface area contributed by atoms with Crippen molar-refractivity contribution in [2.45, 2.75) is 13.8 Å². The summed E-state index contributed by atoms with van der Waals surface area (Å²) in [6.07, 6.45) is 1.70. The van der Waals surface area contributed by atoms with Gasteiger partial charge in [-0.3, -0.25) is 4.40 Å². The molecule has 0 aliphatic rings. The summed E-state index contributed by atoms with van der Waals surface area (Å²) in [5.74, 6) is -1.47. The Bertz CT molecular complexity index is 1010. The molecule has 132 valence electrons. The molecule has 0 aliphatic carbocycles. The third kappa shape index (κ3) is 3.44. The van der Waals surface area contributed by atoms with E-state index >= 15 is 0 Å². The highest BCUT2D eigenvalue weighted by atomic mass is 16.5. The largest absolute Gasteiger partial charge is 0.476 e. The van der Waals surface area contributed by atoms with Crippen molar-refractivity contribution in [3.8, 4) is 0 Å². The van der Waals surface area contributed by atoms with Crippen LogP contribution in [0.1, 0.15) is 33.3 Å². The third-order valence-corrected chi connectivity index (χ3v) is 3.60. The minimum atomic E-state index is -1.18. The molecule has 0 saturated carbocycles. The van der Waals surface area contributed by atoms with E-state index in [2.05, 4.69) is 15.2 Å². The van der Waals surface area contributed by atoms with Crippen molar-refractivity contribution in [3.63, 3.8) is 0 Å². The Labute approximate surface area is 148 Å². The van der Waals surface area contributed by atoms with Gasteiger partial charge in [-0.05, 0) is 55.8 Å². The van der Waals surface area contributed by atoms with Crippen LogP contribution in [0.3, 0.4) is 0 Å². The lowest BCUT2D eigenvalue weighted by Gasteiger charge is -2.01. The lowest BCUT2D eigenvalue weighted by molar-refractivity contribution is 0.0526. The number of imidazole rings is 1. The molecule has 8 heteroatoms. The standard InChI is InChI=1S/C18H16N4O4/c1-3-26-18(25)12-4-6-13(7-5-12)20-21-16-15(17(23)24)19-14-10-11(2)8-9-22(14)16/h4-10H,3H2,1-2H3,(H,23,24). The molecular weight excluding hydrogens is 336 g/mol. The first kappa shape index (κ1) is 17.3. The number of hydrogen-bond acceptors (Lipinski definition) is 6. The summed E-state index contributed by atoms with van der Waals surface area (Å²) in [6, 6.07) is 9.94. The zero-order valence-corrected chi connectivity index (χ0v) is 14.2. The van der Waals surface area contributed by atoms with Crippen LogP contribution in [0.4, 0.5) is 11.5 Å². The van der Waals surface area contributed by atoms with Gasteiger partial charge in [-0.2, -0.15) is 0 Å². The van der Waals surface area contributed by atoms with E-state index in [4.69, 9.17) is 4.74 Å². The van der Waals surface area contributed by atoms with Crippen LogP contribution in [0, 0.1) is 6.92 Å². The normalized spacial score (nSPS) is 11.2. The number of rotatable bonds is 5. The fraction of sp³-hybridized carbons (Fsp3) is 0.167. The SMILES string of the molecule is CCOC(=O)c1ccc(N=Nc2c(C(=O)O)nc3cc(C)ccn23)cc1. The molecular formula is C18H16N4O4. The monoisotopic (exact) mass is 352 g/mol. The molecule has 26 heavy (non-hydrogen) atoms. The second-order valence-electron chi connectivity index (χ2n) is 5.49. The molecule has 0 radical (unpaired) electrons. The van der Waals surface area contributed by atoms with Crippen molar-refractivity contribution >= 4 is 29.1 Å². The van der Waals surface area contributed by atoms with Gasteiger partial charge in [-0.15, -0.1) is 10.2 Å². The fourth-order valence-corrected chi connectivity index (χ4v) is 2.36. The number of carbonyl (C=O) groups is 2. The summed E-state index contributed by atoms with van der Waals surface area (Å²) in [7, 11) is 0. The third-order valence-electron chi connectivity index (χ3n) is 3.60. The van der Waals surface area contributed by atoms with Crippen molar-refractivity contribution < 1.29 is 19.4 Å². The van der Waals surface area contributed by atoms with Gasteiger partial charge in [0.1, 0.15) is 5.65 Å². The first-order valence-corrected chi connectivity index (χ1v) is 7.90. The van der Waals surface area contributed by atoms with Crippen LogP contribution in [0.25, 0.3) is 5.65 Å². The molecule has 0 spiro atoms. The molecule has 3 aromatic rings. The second kappa shape index (κ2) is 7.14. The van der Waals surface area contributed by atoms with E-state index < -0.39 is 11.9 Å². The van der Waals surface area contributed by atoms with Crippen molar-refractivity contribution in [2.24, 2.45) is 10.2 Å². The number of ether oxygens (including phenoxy) is 1. The molecule has 2 aromatic heterocycles. The number of hydrogen-bond donors (Lipinski definition) is 1. The Morgan fingerprint density at radius 3 is 2.58 bits per heavy atom. The lowest BCUT2D eigenvalue weighted by Crippen LogP contribution is -2.03. The van der Waals surface area contributed by atoms with Crippen molar-refractivity contribution in [3.05, 3.63) is 59.4 Å². The van der Waals surface area contributed by atoms with Gasteiger partial charge in [-0.1, -0.05) is 0 Å². The molecule has 2 heterocycles. The number of azo groups is 1. The Kier molecular flexibility index (Phi) is 4.74. The van der Waals surface area contributed by atoms with E-state index in [9.17, 15) is 14.7 Å². The lowest BCUT2D eigenvalue weighted by atomic mass is 10.2. The molecule has 1 N–H and O–H groups in total. The summed E-state index contributed by atoms with van der Waals surface area (Å²) in [5.41, 5.74) is 2.13. The Morgan fingerprint density at radius 2 is 1.92 bits per heavy atom. The molecule has 8 nitrogen and oxygen atoms in total. The van der Waals surface area contributed by atoms with Gasteiger partial charge >= 0.3 is 11.9 Å². The van der Waals surface area contributed by atoms with E-state index in [1.807, 2.05) is 13.0 Å². The number of carboxylic acid groups (broad SMARTS) is 1. The van der Waals surface area contributed by atoms with Gasteiger partial charge in [-0.25, -0.2) is 14.6 Å². The highest BCUT2D eigenvalue weighted by Crippen LogP contribution is 2.25. The quantitative estimate of drug-likeness (QED) is 0.553. The fourth-order valence-electron chi connectivity index (χ4n) is 2.36. The molecule has 0 aliphatic heterocycles. The van der Waals surface area contributed by atoms with Crippen LogP contribution in [-0.2, 0) is 4.74 Å². The molecule has 0 bridgehead atoms. The van der Waals surface area contributed by atoms with Crippen molar-refractivity contribution in [2.75, 3.05) is 6.61 Å². The molecule has 1 aromatic carbocycles. The van der Waals surface area contributed by atoms with Gasteiger partial charge < -0.3 is 9.84 Å². The number of carboxylic acids is 1. The number of nitrogens with zero attached hydrogens (tertiary/aromatic N) is 4. The number of pyridine rings is 1. The number of esters is 1. The van der Waals surface area contributed by atoms with Crippen LogP contribution in [0.15, 0.2) is 52.8 Å². The number of fused-ring (bicyclic) bond motifs is 1. The number of benzene rings is 1. The minimum absolute atomic E-state index is 0.127. The summed E-state index contributed by atoms with van der Waals surface area (Å²) in [6.45, 7) is 3.92. The van der Waals surface area contributed by atoms with Gasteiger partial charge in [0.2, 0.25) is 0 Å². The van der Waals surface area contributed by atoms with Crippen LogP contribution in [0.2, 0.25) is 0 Å². The smallest absolute Gasteiger partial charge is 0.358 e. The molecule has 3 rings (SSSR count). The van der Waals surface area contributed by atoms with Gasteiger partial charge in [0, 0.05) is 6.20 Å². The maximum atomic E-state index is 11.6. The predicted octanol–water partition coefficient (Wildman–Crippen LogP) is 3.93. The van der Waals surface area contributed by atoms with E-state index in [1.54, 1.807) is 47.9 Å². The average Bonchev–Trinajstić information content (AvgIpc) is 2.98. The predicted molar refractivity (Wildman–Crippen MR) is 93.5 cm³/mol. The minimum Gasteiger partial charge on any atom is -0.476 e. The van der Waals surface area contributed by atoms with E-state index in [0.717, 1.165) is 5.56 Å². The van der Waals surface area contributed by atoms with Crippen molar-refractivity contribution in [1.29, 1.82) is 0 Å². The van der Waals surface area contributed by atoms with Crippen LogP contribution >= 0.6 is 0 Å². The molecule has 0 unspecified atom stereocenters. The van der Waals surface area contributed by atoms with E-state index in [1.165, 1.54) is 0 Å². The second-order valence-corrected chi connectivity index (χ2v) is 5.49. The molecule has 0 saturated heterocycles. The van der Waals surface area contributed by atoms with Gasteiger partial charge in [0.25, 0.3) is 0 Å². The molecule has 0 fully saturated rings. The first-order valence-electron chi connectivity index (χ1n) is 7.90. The van der Waals surface area contributed by atoms with Gasteiger partial charge in [0.05, 0.1) is 17.9 Å². The topological polar surface area (TPSA) is 106 Å². The van der Waals surface area contributed by atoms with Crippen LogP contribution < -0.4 is 0 Å². The maximum Gasteiger partial charge on any atom is 0.358 e. The number of aromatic nitrogens is 2. The van der Waals surface area contributed by atoms with E-state index in [-0.39, 0.29) is 11.5 Å². The maximum absolute atomic E-state index is 11.6. The average molecular weight is 352 g/mol. The molecule has 0 atom stereocenters. The Hall–Kier alpha value is -3.55.